The van der Waals surface area contributed by atoms with Crippen LogP contribution in [0.1, 0.15) is 28.9 Å². The first kappa shape index (κ1) is 16.8. The minimum atomic E-state index is -0.225. The van der Waals surface area contributed by atoms with E-state index in [1.54, 1.807) is 14.2 Å². The summed E-state index contributed by atoms with van der Waals surface area (Å²) in [5.41, 5.74) is 1.53. The van der Waals surface area contributed by atoms with Crippen LogP contribution in [0.25, 0.3) is 10.8 Å². The molecule has 25 heavy (non-hydrogen) atoms. The molecule has 3 aromatic rings. The highest BCUT2D eigenvalue weighted by Crippen LogP contribution is 2.29. The zero-order chi connectivity index (χ0) is 17.8. The number of amides is 1. The Kier molecular flexibility index (Phi) is 4.89. The molecule has 0 spiro atoms. The van der Waals surface area contributed by atoms with E-state index in [9.17, 15) is 4.79 Å². The van der Waals surface area contributed by atoms with Crippen molar-refractivity contribution in [3.05, 3.63) is 71.8 Å². The fourth-order valence-corrected chi connectivity index (χ4v) is 2.95. The van der Waals surface area contributed by atoms with Crippen molar-refractivity contribution in [2.24, 2.45) is 0 Å². The predicted molar refractivity (Wildman–Crippen MR) is 99.4 cm³/mol. The van der Waals surface area contributed by atoms with Gasteiger partial charge in [0.1, 0.15) is 11.5 Å². The Labute approximate surface area is 147 Å². The SMILES string of the molecule is COc1ccc(OC)c([C@H](C)NC(=O)c2cccc3ccccc23)c1. The Balaban J connectivity index is 1.90. The molecule has 0 fully saturated rings. The largest absolute Gasteiger partial charge is 0.497 e. The van der Waals surface area contributed by atoms with Gasteiger partial charge < -0.3 is 14.8 Å². The number of ether oxygens (including phenoxy) is 2. The number of carbonyl (C=O) groups is 1. The van der Waals surface area contributed by atoms with Gasteiger partial charge in [0.15, 0.2) is 0 Å². The van der Waals surface area contributed by atoms with Crippen LogP contribution in [-0.4, -0.2) is 20.1 Å². The molecule has 0 heterocycles. The molecule has 4 nitrogen and oxygen atoms in total. The summed E-state index contributed by atoms with van der Waals surface area (Å²) in [6, 6.07) is 18.9. The van der Waals surface area contributed by atoms with Gasteiger partial charge in [0, 0.05) is 11.1 Å². The van der Waals surface area contributed by atoms with Crippen LogP contribution in [0.2, 0.25) is 0 Å². The van der Waals surface area contributed by atoms with E-state index in [0.29, 0.717) is 11.3 Å². The molecule has 0 unspecified atom stereocenters. The number of carbonyl (C=O) groups excluding carboxylic acids is 1. The van der Waals surface area contributed by atoms with Gasteiger partial charge in [-0.1, -0.05) is 36.4 Å². The number of benzene rings is 3. The molecular formula is C21H21NO3. The van der Waals surface area contributed by atoms with E-state index in [0.717, 1.165) is 22.1 Å². The standard InChI is InChI=1S/C21H21NO3/c1-14(19-13-16(24-2)11-12-20(19)25-3)22-21(23)18-10-6-8-15-7-4-5-9-17(15)18/h4-14H,1-3H3,(H,22,23)/t14-/m0/s1. The summed E-state index contributed by atoms with van der Waals surface area (Å²) in [4.78, 5) is 12.8. The first-order valence-electron chi connectivity index (χ1n) is 8.14. The predicted octanol–water partition coefficient (Wildman–Crippen LogP) is 4.35. The van der Waals surface area contributed by atoms with Crippen LogP contribution in [0.3, 0.4) is 0 Å². The molecule has 4 heteroatoms. The van der Waals surface area contributed by atoms with E-state index in [1.165, 1.54) is 0 Å². The summed E-state index contributed by atoms with van der Waals surface area (Å²) in [6.07, 6.45) is 0. The van der Waals surface area contributed by atoms with E-state index in [4.69, 9.17) is 9.47 Å². The number of methoxy groups -OCH3 is 2. The van der Waals surface area contributed by atoms with Gasteiger partial charge in [-0.15, -0.1) is 0 Å². The van der Waals surface area contributed by atoms with Gasteiger partial charge in [-0.3, -0.25) is 4.79 Å². The Bertz CT molecular complexity index is 899. The molecule has 0 aliphatic rings. The molecule has 0 aliphatic carbocycles. The van der Waals surface area contributed by atoms with Crippen molar-refractivity contribution in [2.75, 3.05) is 14.2 Å². The van der Waals surface area contributed by atoms with E-state index in [2.05, 4.69) is 5.32 Å². The Morgan fingerprint density at radius 2 is 1.72 bits per heavy atom. The lowest BCUT2D eigenvalue weighted by Gasteiger charge is -2.19. The maximum absolute atomic E-state index is 12.8. The zero-order valence-corrected chi connectivity index (χ0v) is 14.6. The van der Waals surface area contributed by atoms with E-state index in [1.807, 2.05) is 67.6 Å². The summed E-state index contributed by atoms with van der Waals surface area (Å²) in [7, 11) is 3.23. The highest BCUT2D eigenvalue weighted by molar-refractivity contribution is 6.07. The van der Waals surface area contributed by atoms with Gasteiger partial charge in [-0.2, -0.15) is 0 Å². The maximum atomic E-state index is 12.8. The molecular weight excluding hydrogens is 314 g/mol. The first-order chi connectivity index (χ1) is 12.1. The molecule has 0 aromatic heterocycles. The number of nitrogens with one attached hydrogen (secondary N) is 1. The number of hydrogen-bond donors (Lipinski definition) is 1. The molecule has 0 saturated carbocycles. The molecule has 0 aliphatic heterocycles. The van der Waals surface area contributed by atoms with Crippen molar-refractivity contribution < 1.29 is 14.3 Å². The van der Waals surface area contributed by atoms with Crippen molar-refractivity contribution in [1.82, 2.24) is 5.32 Å². The Morgan fingerprint density at radius 3 is 2.48 bits per heavy atom. The van der Waals surface area contributed by atoms with Crippen molar-refractivity contribution in [3.8, 4) is 11.5 Å². The maximum Gasteiger partial charge on any atom is 0.252 e. The summed E-state index contributed by atoms with van der Waals surface area (Å²) >= 11 is 0. The molecule has 1 amide bonds. The molecule has 3 rings (SSSR count). The van der Waals surface area contributed by atoms with Gasteiger partial charge in [-0.05, 0) is 42.0 Å². The number of rotatable bonds is 5. The average molecular weight is 335 g/mol. The van der Waals surface area contributed by atoms with Crippen LogP contribution < -0.4 is 14.8 Å². The zero-order valence-electron chi connectivity index (χ0n) is 14.6. The van der Waals surface area contributed by atoms with Gasteiger partial charge in [0.25, 0.3) is 5.91 Å². The topological polar surface area (TPSA) is 47.6 Å². The van der Waals surface area contributed by atoms with Crippen LogP contribution in [0.5, 0.6) is 11.5 Å². The third kappa shape index (κ3) is 3.43. The van der Waals surface area contributed by atoms with Crippen molar-refractivity contribution in [3.63, 3.8) is 0 Å². The Morgan fingerprint density at radius 1 is 0.960 bits per heavy atom. The van der Waals surface area contributed by atoms with Gasteiger partial charge in [0.05, 0.1) is 20.3 Å². The number of hydrogen-bond acceptors (Lipinski definition) is 3. The minimum Gasteiger partial charge on any atom is -0.497 e. The van der Waals surface area contributed by atoms with Crippen LogP contribution in [0.15, 0.2) is 60.7 Å². The summed E-state index contributed by atoms with van der Waals surface area (Å²) in [5, 5.41) is 5.04. The van der Waals surface area contributed by atoms with Crippen LogP contribution >= 0.6 is 0 Å². The summed E-state index contributed by atoms with van der Waals surface area (Å²) in [6.45, 7) is 1.93. The highest BCUT2D eigenvalue weighted by atomic mass is 16.5. The third-order valence-corrected chi connectivity index (χ3v) is 4.29. The second-order valence-corrected chi connectivity index (χ2v) is 5.83. The monoisotopic (exact) mass is 335 g/mol. The molecule has 1 N–H and O–H groups in total. The van der Waals surface area contributed by atoms with E-state index in [-0.39, 0.29) is 11.9 Å². The van der Waals surface area contributed by atoms with Crippen molar-refractivity contribution >= 4 is 16.7 Å². The third-order valence-electron chi connectivity index (χ3n) is 4.29. The normalized spacial score (nSPS) is 11.8. The van der Waals surface area contributed by atoms with Crippen LogP contribution in [0.4, 0.5) is 0 Å². The van der Waals surface area contributed by atoms with Gasteiger partial charge >= 0.3 is 0 Å². The van der Waals surface area contributed by atoms with Crippen molar-refractivity contribution in [1.29, 1.82) is 0 Å². The molecule has 3 aromatic carbocycles. The van der Waals surface area contributed by atoms with Crippen LogP contribution in [-0.2, 0) is 0 Å². The second-order valence-electron chi connectivity index (χ2n) is 5.83. The van der Waals surface area contributed by atoms with E-state index >= 15 is 0 Å². The lowest BCUT2D eigenvalue weighted by atomic mass is 10.0. The average Bonchev–Trinajstić information content (AvgIpc) is 2.66. The van der Waals surface area contributed by atoms with Gasteiger partial charge in [-0.25, -0.2) is 0 Å². The summed E-state index contributed by atoms with van der Waals surface area (Å²) in [5.74, 6) is 1.32. The summed E-state index contributed by atoms with van der Waals surface area (Å²) < 4.78 is 10.7. The minimum absolute atomic E-state index is 0.117. The van der Waals surface area contributed by atoms with Crippen molar-refractivity contribution in [2.45, 2.75) is 13.0 Å². The van der Waals surface area contributed by atoms with E-state index < -0.39 is 0 Å². The fraction of sp³-hybridized carbons (Fsp3) is 0.190. The molecule has 0 saturated heterocycles. The van der Waals surface area contributed by atoms with Crippen LogP contribution in [0, 0.1) is 0 Å². The second kappa shape index (κ2) is 7.26. The number of fused-ring (bicyclic) bond motifs is 1. The van der Waals surface area contributed by atoms with Gasteiger partial charge in [0.2, 0.25) is 0 Å². The highest BCUT2D eigenvalue weighted by Gasteiger charge is 2.17. The smallest absolute Gasteiger partial charge is 0.252 e. The molecule has 128 valence electrons. The fourth-order valence-electron chi connectivity index (χ4n) is 2.95. The lowest BCUT2D eigenvalue weighted by molar-refractivity contribution is 0.0941. The molecule has 0 bridgehead atoms. The molecule has 0 radical (unpaired) electrons. The Hall–Kier alpha value is -3.01. The quantitative estimate of drug-likeness (QED) is 0.754. The first-order valence-corrected chi connectivity index (χ1v) is 8.14. The molecule has 1 atom stereocenters. The lowest BCUT2D eigenvalue weighted by Crippen LogP contribution is -2.27.